The molecule has 1 N–H and O–H groups in total. The van der Waals surface area contributed by atoms with Crippen LogP contribution in [0.15, 0.2) is 78.1 Å². The number of anilines is 1. The summed E-state index contributed by atoms with van der Waals surface area (Å²) in [5.74, 6) is -0.0238. The summed E-state index contributed by atoms with van der Waals surface area (Å²) in [7, 11) is 0. The minimum Gasteiger partial charge on any atom is -0.392 e. The van der Waals surface area contributed by atoms with Gasteiger partial charge in [-0.25, -0.2) is 4.85 Å². The number of aromatic nitrogens is 1. The highest BCUT2D eigenvalue weighted by atomic mass is 35.5. The van der Waals surface area contributed by atoms with Crippen molar-refractivity contribution >= 4 is 39.8 Å². The summed E-state index contributed by atoms with van der Waals surface area (Å²) in [6.07, 6.45) is 1.31. The number of hydrogen-bond acceptors (Lipinski definition) is 4. The van der Waals surface area contributed by atoms with E-state index in [2.05, 4.69) is 25.3 Å². The van der Waals surface area contributed by atoms with Crippen molar-refractivity contribution in [3.05, 3.63) is 111 Å². The quantitative estimate of drug-likeness (QED) is 0.203. The average Bonchev–Trinajstić information content (AvgIpc) is 3.00. The fraction of sp³-hybridized carbons (Fsp3) is 0.265. The van der Waals surface area contributed by atoms with Gasteiger partial charge >= 0.3 is 0 Å². The number of para-hydroxylation sites is 1. The zero-order chi connectivity index (χ0) is 30.1. The van der Waals surface area contributed by atoms with Crippen LogP contribution < -0.4 is 10.5 Å². The first-order chi connectivity index (χ1) is 20.2. The zero-order valence-electron chi connectivity index (χ0n) is 24.0. The Bertz CT molecular complexity index is 1800. The van der Waals surface area contributed by atoms with Gasteiger partial charge in [0, 0.05) is 41.6 Å². The Hall–Kier alpha value is -4.38. The highest BCUT2D eigenvalue weighted by Gasteiger charge is 2.31. The first kappa shape index (κ1) is 29.1. The van der Waals surface area contributed by atoms with Gasteiger partial charge in [0.15, 0.2) is 0 Å². The average molecular weight is 581 g/mol. The first-order valence-electron chi connectivity index (χ1n) is 14.0. The minimum atomic E-state index is -0.416. The van der Waals surface area contributed by atoms with E-state index in [0.29, 0.717) is 58.1 Å². The lowest BCUT2D eigenvalue weighted by Crippen LogP contribution is -2.53. The molecule has 0 saturated carbocycles. The Morgan fingerprint density at radius 3 is 2.52 bits per heavy atom. The summed E-state index contributed by atoms with van der Waals surface area (Å²) in [6, 6.07) is 18.8. The third kappa shape index (κ3) is 4.98. The SMILES string of the molecule is [C-]#[N+]c1c(N2CCN(C(=O)C=C)C[C@@H]2C)c2cc(Cl)c(-c3ccccc3CO)cc2n(-c2ccccc2C(C)C)c1=O. The van der Waals surface area contributed by atoms with Gasteiger partial charge in [-0.15, -0.1) is 0 Å². The van der Waals surface area contributed by atoms with E-state index in [0.717, 1.165) is 11.1 Å². The number of rotatable bonds is 6. The molecule has 1 fully saturated rings. The molecule has 1 aliphatic heterocycles. The molecule has 5 rings (SSSR count). The van der Waals surface area contributed by atoms with Gasteiger partial charge in [0.1, 0.15) is 0 Å². The summed E-state index contributed by atoms with van der Waals surface area (Å²) in [5, 5.41) is 11.2. The van der Waals surface area contributed by atoms with E-state index in [1.165, 1.54) is 6.08 Å². The molecule has 1 aliphatic rings. The van der Waals surface area contributed by atoms with Crippen molar-refractivity contribution in [1.29, 1.82) is 0 Å². The summed E-state index contributed by atoms with van der Waals surface area (Å²) in [6.45, 7) is 19.0. The highest BCUT2D eigenvalue weighted by Crippen LogP contribution is 2.42. The van der Waals surface area contributed by atoms with Crippen molar-refractivity contribution in [3.63, 3.8) is 0 Å². The van der Waals surface area contributed by atoms with Crippen LogP contribution in [-0.4, -0.2) is 46.2 Å². The molecule has 1 amide bonds. The van der Waals surface area contributed by atoms with E-state index < -0.39 is 5.56 Å². The van der Waals surface area contributed by atoms with Gasteiger partial charge in [0.05, 0.1) is 30.1 Å². The molecule has 214 valence electrons. The molecule has 7 nitrogen and oxygen atoms in total. The van der Waals surface area contributed by atoms with Crippen molar-refractivity contribution in [2.45, 2.75) is 39.3 Å². The molecule has 4 aromatic rings. The van der Waals surface area contributed by atoms with E-state index in [1.54, 1.807) is 9.47 Å². The molecule has 1 aromatic heterocycles. The van der Waals surface area contributed by atoms with E-state index in [4.69, 9.17) is 18.2 Å². The Morgan fingerprint density at radius 1 is 1.14 bits per heavy atom. The van der Waals surface area contributed by atoms with Crippen LogP contribution in [0, 0.1) is 6.57 Å². The highest BCUT2D eigenvalue weighted by molar-refractivity contribution is 6.34. The maximum Gasteiger partial charge on any atom is 0.274 e. The number of hydrogen-bond donors (Lipinski definition) is 1. The van der Waals surface area contributed by atoms with Crippen LogP contribution >= 0.6 is 11.6 Å². The summed E-state index contributed by atoms with van der Waals surface area (Å²) in [4.78, 5) is 34.3. The van der Waals surface area contributed by atoms with Gasteiger partial charge in [0.25, 0.3) is 11.2 Å². The van der Waals surface area contributed by atoms with Gasteiger partial charge in [-0.2, -0.15) is 0 Å². The molecule has 8 heteroatoms. The first-order valence-corrected chi connectivity index (χ1v) is 14.4. The third-order valence-electron chi connectivity index (χ3n) is 8.00. The maximum atomic E-state index is 14.4. The van der Waals surface area contributed by atoms with Crippen molar-refractivity contribution in [2.75, 3.05) is 24.5 Å². The smallest absolute Gasteiger partial charge is 0.274 e. The van der Waals surface area contributed by atoms with E-state index >= 15 is 0 Å². The number of aliphatic hydroxyl groups is 1. The van der Waals surface area contributed by atoms with E-state index in [-0.39, 0.29) is 30.2 Å². The Labute approximate surface area is 250 Å². The molecule has 0 aliphatic carbocycles. The Balaban J connectivity index is 1.87. The number of fused-ring (bicyclic) bond motifs is 1. The second-order valence-corrected chi connectivity index (χ2v) is 11.3. The normalized spacial score (nSPS) is 15.2. The lowest BCUT2D eigenvalue weighted by Gasteiger charge is -2.42. The molecule has 0 bridgehead atoms. The van der Waals surface area contributed by atoms with Gasteiger partial charge in [-0.3, -0.25) is 14.2 Å². The fourth-order valence-electron chi connectivity index (χ4n) is 5.94. The van der Waals surface area contributed by atoms with Gasteiger partial charge in [-0.1, -0.05) is 74.5 Å². The lowest BCUT2D eigenvalue weighted by molar-refractivity contribution is -0.126. The number of aliphatic hydroxyl groups excluding tert-OH is 1. The second kappa shape index (κ2) is 11.8. The monoisotopic (exact) mass is 580 g/mol. The molecule has 0 radical (unpaired) electrons. The molecule has 0 unspecified atom stereocenters. The van der Waals surface area contributed by atoms with Gasteiger partial charge < -0.3 is 14.9 Å². The predicted octanol–water partition coefficient (Wildman–Crippen LogP) is 6.70. The topological polar surface area (TPSA) is 70.1 Å². The molecule has 42 heavy (non-hydrogen) atoms. The van der Waals surface area contributed by atoms with Crippen LogP contribution in [0.4, 0.5) is 11.4 Å². The number of benzene rings is 3. The number of pyridine rings is 1. The van der Waals surface area contributed by atoms with Crippen LogP contribution in [0.1, 0.15) is 37.8 Å². The van der Waals surface area contributed by atoms with Crippen LogP contribution in [-0.2, 0) is 11.4 Å². The van der Waals surface area contributed by atoms with Crippen molar-refractivity contribution in [3.8, 4) is 16.8 Å². The second-order valence-electron chi connectivity index (χ2n) is 10.9. The largest absolute Gasteiger partial charge is 0.392 e. The Morgan fingerprint density at radius 2 is 1.86 bits per heavy atom. The zero-order valence-corrected chi connectivity index (χ0v) is 24.7. The van der Waals surface area contributed by atoms with Crippen LogP contribution in [0.5, 0.6) is 0 Å². The number of amides is 1. The number of carbonyl (C=O) groups is 1. The molecule has 1 atom stereocenters. The molecule has 1 saturated heterocycles. The van der Waals surface area contributed by atoms with Gasteiger partial charge in [-0.05, 0) is 53.8 Å². The predicted molar refractivity (Wildman–Crippen MR) is 170 cm³/mol. The number of nitrogens with zero attached hydrogens (tertiary/aromatic N) is 4. The summed E-state index contributed by atoms with van der Waals surface area (Å²) >= 11 is 6.98. The molecule has 3 aromatic carbocycles. The standard InChI is InChI=1S/C34H33ClN4O3/c1-6-31(41)37-15-16-38(22(4)19-37)33-27-17-28(35)26(25-13-8-7-11-23(25)20-40)18-30(27)39(34(42)32(33)36-5)29-14-10-9-12-24(29)21(2)3/h6-14,17-18,21-22,40H,1,15-16,19-20H2,2-4H3/t22-/m0/s1. The van der Waals surface area contributed by atoms with Crippen LogP contribution in [0.2, 0.25) is 5.02 Å². The lowest BCUT2D eigenvalue weighted by atomic mass is 9.96. The molecule has 0 spiro atoms. The van der Waals surface area contributed by atoms with Gasteiger partial charge in [0.2, 0.25) is 5.91 Å². The fourth-order valence-corrected chi connectivity index (χ4v) is 6.20. The van der Waals surface area contributed by atoms with Crippen LogP contribution in [0.25, 0.3) is 32.6 Å². The van der Waals surface area contributed by atoms with E-state index in [9.17, 15) is 14.7 Å². The number of carbonyl (C=O) groups excluding carboxylic acids is 1. The van der Waals surface area contributed by atoms with E-state index in [1.807, 2.05) is 72.5 Å². The maximum absolute atomic E-state index is 14.4. The van der Waals surface area contributed by atoms with Crippen molar-refractivity contribution in [2.24, 2.45) is 0 Å². The number of halogens is 1. The molecular formula is C34H33ClN4O3. The number of piperazine rings is 1. The molecule has 2 heterocycles. The van der Waals surface area contributed by atoms with Crippen molar-refractivity contribution in [1.82, 2.24) is 9.47 Å². The molecular weight excluding hydrogens is 548 g/mol. The summed E-state index contributed by atoms with van der Waals surface area (Å²) < 4.78 is 1.63. The third-order valence-corrected chi connectivity index (χ3v) is 8.31. The minimum absolute atomic E-state index is 0.0102. The Kier molecular flexibility index (Phi) is 8.22. The van der Waals surface area contributed by atoms with Crippen molar-refractivity contribution < 1.29 is 9.90 Å². The summed E-state index contributed by atoms with van der Waals surface area (Å²) in [5.41, 5.74) is 4.56. The van der Waals surface area contributed by atoms with Crippen LogP contribution in [0.3, 0.4) is 0 Å².